The molecule has 0 aromatic heterocycles. The highest BCUT2D eigenvalue weighted by Crippen LogP contribution is 2.21. The van der Waals surface area contributed by atoms with Gasteiger partial charge in [-0.2, -0.15) is 0 Å². The molecule has 1 N–H and O–H groups in total. The molecule has 0 saturated heterocycles. The molecule has 130 valence electrons. The highest BCUT2D eigenvalue weighted by Gasteiger charge is 2.34. The molecule has 0 fully saturated rings. The van der Waals surface area contributed by atoms with Crippen molar-refractivity contribution < 1.29 is 14.3 Å². The van der Waals surface area contributed by atoms with E-state index in [2.05, 4.69) is 36.4 Å². The number of esters is 1. The summed E-state index contributed by atoms with van der Waals surface area (Å²) in [6.45, 7) is 12.1. The SMILES string of the molecule is CC(C)(C)[C@H](NC(=O)c1ccccc1)C(=O)OCC#C[Si](C)(C)C. The zero-order valence-electron chi connectivity index (χ0n) is 15.4. The number of hydrogen-bond donors (Lipinski definition) is 1. The summed E-state index contributed by atoms with van der Waals surface area (Å²) in [4.78, 5) is 24.7. The minimum absolute atomic E-state index is 0.0525. The monoisotopic (exact) mass is 345 g/mol. The van der Waals surface area contributed by atoms with Crippen molar-refractivity contribution in [3.8, 4) is 11.5 Å². The number of carbonyl (C=O) groups excluding carboxylic acids is 2. The molecule has 1 amide bonds. The number of carbonyl (C=O) groups is 2. The summed E-state index contributed by atoms with van der Waals surface area (Å²) < 4.78 is 5.26. The van der Waals surface area contributed by atoms with Gasteiger partial charge in [-0.1, -0.05) is 64.5 Å². The average Bonchev–Trinajstić information content (AvgIpc) is 2.47. The predicted octanol–water partition coefficient (Wildman–Crippen LogP) is 3.26. The van der Waals surface area contributed by atoms with Crippen molar-refractivity contribution in [3.63, 3.8) is 0 Å². The van der Waals surface area contributed by atoms with Crippen LogP contribution < -0.4 is 5.32 Å². The standard InChI is InChI=1S/C19H27NO3Si/c1-19(2,3)16(18(22)23-13-10-14-24(4,5)6)20-17(21)15-11-8-7-9-12-15/h7-9,11-12,16H,13H2,1-6H3,(H,20,21)/t16-/m1/s1. The van der Waals surface area contributed by atoms with E-state index in [4.69, 9.17) is 4.74 Å². The van der Waals surface area contributed by atoms with E-state index in [1.165, 1.54) is 0 Å². The van der Waals surface area contributed by atoms with Crippen LogP contribution in [0.3, 0.4) is 0 Å². The minimum atomic E-state index is -1.49. The van der Waals surface area contributed by atoms with Gasteiger partial charge >= 0.3 is 5.97 Å². The van der Waals surface area contributed by atoms with Crippen molar-refractivity contribution in [2.45, 2.75) is 46.5 Å². The van der Waals surface area contributed by atoms with Crippen LogP contribution in [0.5, 0.6) is 0 Å². The molecule has 0 saturated carbocycles. The lowest BCUT2D eigenvalue weighted by molar-refractivity contribution is -0.147. The van der Waals surface area contributed by atoms with Gasteiger partial charge in [-0.3, -0.25) is 4.79 Å². The molecule has 0 spiro atoms. The topological polar surface area (TPSA) is 55.4 Å². The van der Waals surface area contributed by atoms with Crippen molar-refractivity contribution in [1.29, 1.82) is 0 Å². The highest BCUT2D eigenvalue weighted by atomic mass is 28.3. The van der Waals surface area contributed by atoms with Gasteiger partial charge in [0.25, 0.3) is 5.91 Å². The number of amides is 1. The van der Waals surface area contributed by atoms with Crippen LogP contribution in [0.25, 0.3) is 0 Å². The molecular formula is C19H27NO3Si. The Bertz CT molecular complexity index is 631. The number of nitrogens with one attached hydrogen (secondary N) is 1. The summed E-state index contributed by atoms with van der Waals surface area (Å²) in [7, 11) is -1.49. The van der Waals surface area contributed by atoms with Crippen LogP contribution in [0.15, 0.2) is 30.3 Å². The summed E-state index contributed by atoms with van der Waals surface area (Å²) in [5.41, 5.74) is 3.19. The molecule has 1 rings (SSSR count). The summed E-state index contributed by atoms with van der Waals surface area (Å²) in [6, 6.07) is 8.08. The van der Waals surface area contributed by atoms with Crippen molar-refractivity contribution in [2.75, 3.05) is 6.61 Å². The average molecular weight is 346 g/mol. The van der Waals surface area contributed by atoms with E-state index in [1.807, 2.05) is 26.8 Å². The van der Waals surface area contributed by atoms with Crippen LogP contribution in [0.2, 0.25) is 19.6 Å². The first kappa shape index (κ1) is 20.0. The van der Waals surface area contributed by atoms with Gasteiger partial charge in [0.05, 0.1) is 0 Å². The van der Waals surface area contributed by atoms with E-state index in [0.717, 1.165) is 0 Å². The Hall–Kier alpha value is -2.06. The van der Waals surface area contributed by atoms with Gasteiger partial charge in [0, 0.05) is 5.56 Å². The zero-order chi connectivity index (χ0) is 18.4. The van der Waals surface area contributed by atoms with Crippen molar-refractivity contribution in [1.82, 2.24) is 5.32 Å². The molecule has 0 unspecified atom stereocenters. The fourth-order valence-electron chi connectivity index (χ4n) is 1.92. The van der Waals surface area contributed by atoms with Crippen LogP contribution in [-0.2, 0) is 9.53 Å². The Morgan fingerprint density at radius 1 is 1.17 bits per heavy atom. The van der Waals surface area contributed by atoms with Gasteiger partial charge in [0.15, 0.2) is 6.61 Å². The maximum atomic E-state index is 12.4. The van der Waals surface area contributed by atoms with Gasteiger partial charge in [-0.05, 0) is 17.5 Å². The molecule has 1 atom stereocenters. The van der Waals surface area contributed by atoms with E-state index in [0.29, 0.717) is 5.56 Å². The van der Waals surface area contributed by atoms with Crippen molar-refractivity contribution in [3.05, 3.63) is 35.9 Å². The molecule has 24 heavy (non-hydrogen) atoms. The third kappa shape index (κ3) is 7.01. The van der Waals surface area contributed by atoms with E-state index in [1.54, 1.807) is 24.3 Å². The molecule has 5 heteroatoms. The molecule has 1 aromatic rings. The quantitative estimate of drug-likeness (QED) is 0.518. The van der Waals surface area contributed by atoms with Crippen LogP contribution in [0, 0.1) is 16.9 Å². The Morgan fingerprint density at radius 2 is 1.75 bits per heavy atom. The summed E-state index contributed by atoms with van der Waals surface area (Å²) >= 11 is 0. The number of ether oxygens (including phenoxy) is 1. The molecule has 0 aliphatic rings. The normalized spacial score (nSPS) is 12.6. The zero-order valence-corrected chi connectivity index (χ0v) is 16.4. The molecule has 0 aliphatic heterocycles. The lowest BCUT2D eigenvalue weighted by Crippen LogP contribution is -2.50. The molecular weight excluding hydrogens is 318 g/mol. The smallest absolute Gasteiger partial charge is 0.330 e. The molecule has 0 radical (unpaired) electrons. The lowest BCUT2D eigenvalue weighted by Gasteiger charge is -2.29. The second-order valence-electron chi connectivity index (χ2n) is 7.80. The Balaban J connectivity index is 2.77. The van der Waals surface area contributed by atoms with E-state index in [-0.39, 0.29) is 12.5 Å². The van der Waals surface area contributed by atoms with Gasteiger partial charge < -0.3 is 10.1 Å². The number of hydrogen-bond acceptors (Lipinski definition) is 3. The number of rotatable bonds is 4. The maximum Gasteiger partial charge on any atom is 0.330 e. The molecule has 0 heterocycles. The van der Waals surface area contributed by atoms with Crippen molar-refractivity contribution in [2.24, 2.45) is 5.41 Å². The van der Waals surface area contributed by atoms with E-state index in [9.17, 15) is 9.59 Å². The summed E-state index contributed by atoms with van der Waals surface area (Å²) in [5, 5.41) is 2.78. The Morgan fingerprint density at radius 3 is 2.25 bits per heavy atom. The molecule has 0 aliphatic carbocycles. The summed E-state index contributed by atoms with van der Waals surface area (Å²) in [6.07, 6.45) is 0. The lowest BCUT2D eigenvalue weighted by atomic mass is 9.86. The first-order chi connectivity index (χ1) is 11.0. The second kappa shape index (κ2) is 8.16. The first-order valence-electron chi connectivity index (χ1n) is 8.03. The van der Waals surface area contributed by atoms with Crippen LogP contribution >= 0.6 is 0 Å². The number of benzene rings is 1. The van der Waals surface area contributed by atoms with Crippen molar-refractivity contribution >= 4 is 20.0 Å². The fraction of sp³-hybridized carbons (Fsp3) is 0.474. The predicted molar refractivity (Wildman–Crippen MR) is 99.2 cm³/mol. The van der Waals surface area contributed by atoms with E-state index < -0.39 is 25.5 Å². The van der Waals surface area contributed by atoms with Gasteiger partial charge in [0.1, 0.15) is 14.1 Å². The highest BCUT2D eigenvalue weighted by molar-refractivity contribution is 6.83. The van der Waals surface area contributed by atoms with Crippen LogP contribution in [-0.4, -0.2) is 32.6 Å². The van der Waals surface area contributed by atoms with E-state index >= 15 is 0 Å². The molecule has 1 aromatic carbocycles. The largest absolute Gasteiger partial charge is 0.451 e. The fourth-order valence-corrected chi connectivity index (χ4v) is 2.53. The third-order valence-electron chi connectivity index (χ3n) is 3.16. The van der Waals surface area contributed by atoms with Gasteiger partial charge in [-0.25, -0.2) is 4.79 Å². The van der Waals surface area contributed by atoms with Crippen LogP contribution in [0.4, 0.5) is 0 Å². The molecule has 0 bridgehead atoms. The van der Waals surface area contributed by atoms with Gasteiger partial charge in [-0.15, -0.1) is 5.54 Å². The maximum absolute atomic E-state index is 12.4. The van der Waals surface area contributed by atoms with Crippen LogP contribution in [0.1, 0.15) is 31.1 Å². The molecule has 4 nitrogen and oxygen atoms in total. The Labute approximate surface area is 146 Å². The first-order valence-corrected chi connectivity index (χ1v) is 11.5. The van der Waals surface area contributed by atoms with Gasteiger partial charge in [0.2, 0.25) is 0 Å². The Kier molecular flexibility index (Phi) is 6.79. The second-order valence-corrected chi connectivity index (χ2v) is 12.5. The summed E-state index contributed by atoms with van der Waals surface area (Å²) in [5.74, 6) is 2.15. The minimum Gasteiger partial charge on any atom is -0.451 e. The third-order valence-corrected chi connectivity index (χ3v) is 4.09.